The fourth-order valence-electron chi connectivity index (χ4n) is 3.08. The highest BCUT2D eigenvalue weighted by atomic mass is 79.9. The van der Waals surface area contributed by atoms with Crippen LogP contribution in [0.4, 0.5) is 0 Å². The van der Waals surface area contributed by atoms with Crippen LogP contribution in [0.3, 0.4) is 0 Å². The van der Waals surface area contributed by atoms with E-state index in [0.717, 1.165) is 23.3 Å². The molecule has 112 valence electrons. The monoisotopic (exact) mass is 348 g/mol. The van der Waals surface area contributed by atoms with Crippen LogP contribution < -0.4 is 5.32 Å². The van der Waals surface area contributed by atoms with Crippen molar-refractivity contribution in [1.82, 2.24) is 20.3 Å². The Hall–Kier alpha value is -1.20. The van der Waals surface area contributed by atoms with E-state index in [1.807, 2.05) is 11.7 Å². The van der Waals surface area contributed by atoms with Crippen molar-refractivity contribution >= 4 is 15.9 Å². The molecular formula is C16H21BrN4. The van der Waals surface area contributed by atoms with Crippen molar-refractivity contribution < 1.29 is 0 Å². The Morgan fingerprint density at radius 1 is 1.33 bits per heavy atom. The van der Waals surface area contributed by atoms with Crippen LogP contribution in [-0.4, -0.2) is 21.5 Å². The summed E-state index contributed by atoms with van der Waals surface area (Å²) < 4.78 is 2.67. The highest BCUT2D eigenvalue weighted by Crippen LogP contribution is 2.30. The molecule has 1 unspecified atom stereocenters. The summed E-state index contributed by atoms with van der Waals surface area (Å²) in [4.78, 5) is 0. The lowest BCUT2D eigenvalue weighted by molar-refractivity contribution is 0.549. The van der Waals surface area contributed by atoms with Gasteiger partial charge in [0.25, 0.3) is 0 Å². The van der Waals surface area contributed by atoms with Gasteiger partial charge in [0.1, 0.15) is 0 Å². The molecule has 1 N–H and O–H groups in total. The molecule has 1 aliphatic rings. The van der Waals surface area contributed by atoms with E-state index in [0.29, 0.717) is 0 Å². The molecule has 1 atom stereocenters. The molecule has 1 aliphatic carbocycles. The zero-order chi connectivity index (χ0) is 14.8. The van der Waals surface area contributed by atoms with Crippen LogP contribution >= 0.6 is 15.9 Å². The average Bonchev–Trinajstić information content (AvgIpc) is 3.07. The number of rotatable bonds is 5. The summed E-state index contributed by atoms with van der Waals surface area (Å²) >= 11 is 3.53. The van der Waals surface area contributed by atoms with Gasteiger partial charge in [-0.05, 0) is 64.8 Å². The maximum absolute atomic E-state index is 4.13. The molecule has 5 heteroatoms. The molecule has 0 amide bonds. The lowest BCUT2D eigenvalue weighted by atomic mass is 9.99. The van der Waals surface area contributed by atoms with E-state index in [2.05, 4.69) is 56.7 Å². The van der Waals surface area contributed by atoms with Gasteiger partial charge in [-0.3, -0.25) is 0 Å². The number of nitrogens with one attached hydrogen (secondary N) is 1. The number of halogens is 1. The van der Waals surface area contributed by atoms with E-state index in [9.17, 15) is 0 Å². The van der Waals surface area contributed by atoms with Crippen molar-refractivity contribution in [3.05, 3.63) is 45.2 Å². The van der Waals surface area contributed by atoms with Crippen LogP contribution in [0.5, 0.6) is 0 Å². The third-order valence-corrected chi connectivity index (χ3v) is 4.72. The number of nitrogens with zero attached hydrogens (tertiary/aromatic N) is 3. The maximum atomic E-state index is 4.13. The van der Waals surface area contributed by atoms with Crippen LogP contribution in [-0.2, 0) is 19.9 Å². The van der Waals surface area contributed by atoms with Gasteiger partial charge in [0, 0.05) is 7.05 Å². The van der Waals surface area contributed by atoms with E-state index in [-0.39, 0.29) is 6.04 Å². The minimum atomic E-state index is 0.130. The molecule has 0 bridgehead atoms. The van der Waals surface area contributed by atoms with E-state index < -0.39 is 0 Å². The minimum Gasteiger partial charge on any atom is -0.305 e. The van der Waals surface area contributed by atoms with E-state index in [1.54, 1.807) is 0 Å². The van der Waals surface area contributed by atoms with Gasteiger partial charge in [0.2, 0.25) is 0 Å². The van der Waals surface area contributed by atoms with E-state index >= 15 is 0 Å². The highest BCUT2D eigenvalue weighted by molar-refractivity contribution is 9.10. The second-order valence-electron chi connectivity index (χ2n) is 5.66. The normalized spacial score (nSPS) is 15.2. The van der Waals surface area contributed by atoms with Gasteiger partial charge < -0.3 is 5.32 Å². The van der Waals surface area contributed by atoms with Gasteiger partial charge in [-0.1, -0.05) is 30.3 Å². The Labute approximate surface area is 134 Å². The van der Waals surface area contributed by atoms with Gasteiger partial charge >= 0.3 is 0 Å². The number of benzene rings is 1. The minimum absolute atomic E-state index is 0.130. The fraction of sp³-hybridized carbons (Fsp3) is 0.500. The first-order chi connectivity index (χ1) is 10.2. The van der Waals surface area contributed by atoms with E-state index in [1.165, 1.54) is 36.0 Å². The first-order valence-corrected chi connectivity index (χ1v) is 8.40. The molecule has 1 aromatic heterocycles. The van der Waals surface area contributed by atoms with Crippen molar-refractivity contribution in [2.75, 3.05) is 6.54 Å². The Morgan fingerprint density at radius 2 is 2.14 bits per heavy atom. The molecule has 21 heavy (non-hydrogen) atoms. The Kier molecular flexibility index (Phi) is 4.40. The lowest BCUT2D eigenvalue weighted by Gasteiger charge is -2.20. The van der Waals surface area contributed by atoms with E-state index in [4.69, 9.17) is 0 Å². The summed E-state index contributed by atoms with van der Waals surface area (Å²) in [6.07, 6.45) is 4.81. The molecule has 1 heterocycles. The summed E-state index contributed by atoms with van der Waals surface area (Å²) in [6.45, 7) is 3.16. The Morgan fingerprint density at radius 3 is 2.86 bits per heavy atom. The molecule has 4 nitrogen and oxygen atoms in total. The molecule has 0 fully saturated rings. The van der Waals surface area contributed by atoms with Gasteiger partial charge in [0.15, 0.2) is 4.60 Å². The van der Waals surface area contributed by atoms with Gasteiger partial charge in [0.05, 0.1) is 11.7 Å². The molecule has 1 aromatic carbocycles. The van der Waals surface area contributed by atoms with Crippen LogP contribution in [0, 0.1) is 0 Å². The first-order valence-electron chi connectivity index (χ1n) is 7.61. The molecule has 3 rings (SSSR count). The quantitative estimate of drug-likeness (QED) is 0.902. The first kappa shape index (κ1) is 14.7. The van der Waals surface area contributed by atoms with Crippen molar-refractivity contribution in [3.8, 4) is 0 Å². The van der Waals surface area contributed by atoms with Crippen molar-refractivity contribution in [2.24, 2.45) is 7.05 Å². The Balaban J connectivity index is 1.99. The highest BCUT2D eigenvalue weighted by Gasteiger charge is 2.23. The third-order valence-electron chi connectivity index (χ3n) is 4.15. The topological polar surface area (TPSA) is 42.7 Å². The van der Waals surface area contributed by atoms with Crippen LogP contribution in [0.25, 0.3) is 0 Å². The zero-order valence-corrected chi connectivity index (χ0v) is 14.2. The summed E-state index contributed by atoms with van der Waals surface area (Å²) in [6, 6.07) is 7.02. The van der Waals surface area contributed by atoms with Gasteiger partial charge in [-0.15, -0.1) is 5.10 Å². The third kappa shape index (κ3) is 2.90. The van der Waals surface area contributed by atoms with Gasteiger partial charge in [-0.2, -0.15) is 0 Å². The summed E-state index contributed by atoms with van der Waals surface area (Å²) in [5.74, 6) is 0. The van der Waals surface area contributed by atoms with Crippen molar-refractivity contribution in [1.29, 1.82) is 0 Å². The van der Waals surface area contributed by atoms with Crippen LogP contribution in [0.1, 0.15) is 48.2 Å². The number of hydrogen-bond acceptors (Lipinski definition) is 3. The summed E-state index contributed by atoms with van der Waals surface area (Å²) in [5, 5.41) is 11.9. The van der Waals surface area contributed by atoms with Crippen LogP contribution in [0.2, 0.25) is 0 Å². The molecule has 0 aliphatic heterocycles. The number of aryl methyl sites for hydroxylation is 3. The second kappa shape index (κ2) is 6.28. The molecule has 0 saturated carbocycles. The predicted octanol–water partition coefficient (Wildman–Crippen LogP) is 3.16. The largest absolute Gasteiger partial charge is 0.305 e. The molecule has 2 aromatic rings. The number of hydrogen-bond donors (Lipinski definition) is 1. The summed E-state index contributed by atoms with van der Waals surface area (Å²) in [7, 11) is 1.95. The predicted molar refractivity (Wildman–Crippen MR) is 87.3 cm³/mol. The fourth-order valence-corrected chi connectivity index (χ4v) is 3.63. The lowest BCUT2D eigenvalue weighted by Crippen LogP contribution is -2.25. The molecule has 0 radical (unpaired) electrons. The van der Waals surface area contributed by atoms with Gasteiger partial charge in [-0.25, -0.2) is 4.68 Å². The molecular weight excluding hydrogens is 328 g/mol. The van der Waals surface area contributed by atoms with Crippen LogP contribution in [0.15, 0.2) is 22.8 Å². The van der Waals surface area contributed by atoms with Crippen molar-refractivity contribution in [2.45, 2.75) is 38.6 Å². The maximum Gasteiger partial charge on any atom is 0.153 e. The number of fused-ring (bicyclic) bond motifs is 1. The Bertz CT molecular complexity index is 616. The second-order valence-corrected chi connectivity index (χ2v) is 6.41. The molecule has 0 saturated heterocycles. The zero-order valence-electron chi connectivity index (χ0n) is 12.6. The smallest absolute Gasteiger partial charge is 0.153 e. The number of aromatic nitrogens is 3. The summed E-state index contributed by atoms with van der Waals surface area (Å²) in [5.41, 5.74) is 5.40. The van der Waals surface area contributed by atoms with Crippen molar-refractivity contribution in [3.63, 3.8) is 0 Å². The standard InChI is InChI=1S/C16H21BrN4/c1-3-9-18-14(15-16(17)19-20-21(15)2)13-8-7-11-5-4-6-12(11)10-13/h7-8,10,14,18H,3-6,9H2,1-2H3. The average molecular weight is 349 g/mol. The SMILES string of the molecule is CCCNC(c1ccc2c(c1)CCC2)c1c(Br)nnn1C. The molecule has 0 spiro atoms.